The number of halogens is 2. The Balaban J connectivity index is 1.67. The zero-order valence-corrected chi connectivity index (χ0v) is 16.7. The second kappa shape index (κ2) is 7.32. The lowest BCUT2D eigenvalue weighted by Gasteiger charge is -2.40. The van der Waals surface area contributed by atoms with Gasteiger partial charge < -0.3 is 20.6 Å². The highest BCUT2D eigenvalue weighted by molar-refractivity contribution is 5.93. The fourth-order valence-corrected chi connectivity index (χ4v) is 3.57. The first-order valence-corrected chi connectivity index (χ1v) is 9.63. The van der Waals surface area contributed by atoms with Gasteiger partial charge in [0.05, 0.1) is 18.8 Å². The van der Waals surface area contributed by atoms with Crippen molar-refractivity contribution in [3.8, 4) is 23.1 Å². The SMILES string of the molecule is CN1CCC(O)(C#Cc2cccc(-c3cc(N4CC(F)(F)C4)cc(C(N)=O)n3)c2)C1=O. The molecule has 9 heteroatoms. The van der Waals surface area contributed by atoms with Gasteiger partial charge in [0.15, 0.2) is 0 Å². The molecule has 31 heavy (non-hydrogen) atoms. The molecule has 4 rings (SSSR count). The first kappa shape index (κ1) is 20.8. The van der Waals surface area contributed by atoms with Crippen molar-refractivity contribution >= 4 is 17.5 Å². The molecule has 3 N–H and O–H groups in total. The predicted molar refractivity (Wildman–Crippen MR) is 109 cm³/mol. The van der Waals surface area contributed by atoms with E-state index in [1.165, 1.54) is 15.9 Å². The van der Waals surface area contributed by atoms with E-state index in [9.17, 15) is 23.5 Å². The van der Waals surface area contributed by atoms with Crippen LogP contribution in [0.2, 0.25) is 0 Å². The first-order chi connectivity index (χ1) is 14.6. The van der Waals surface area contributed by atoms with Crippen LogP contribution in [0.15, 0.2) is 36.4 Å². The number of pyridine rings is 1. The van der Waals surface area contributed by atoms with Gasteiger partial charge in [-0.25, -0.2) is 13.8 Å². The van der Waals surface area contributed by atoms with Crippen LogP contribution in [0.25, 0.3) is 11.3 Å². The molecule has 2 aliphatic rings. The third-order valence-corrected chi connectivity index (χ3v) is 5.35. The van der Waals surface area contributed by atoms with Crippen LogP contribution in [-0.2, 0) is 4.79 Å². The van der Waals surface area contributed by atoms with Crippen molar-refractivity contribution in [2.75, 3.05) is 31.6 Å². The Morgan fingerprint density at radius 3 is 2.61 bits per heavy atom. The summed E-state index contributed by atoms with van der Waals surface area (Å²) in [5.74, 6) is 1.49. The van der Waals surface area contributed by atoms with Crippen LogP contribution in [0.5, 0.6) is 0 Å². The average molecular weight is 426 g/mol. The number of nitrogens with two attached hydrogens (primary N) is 1. The van der Waals surface area contributed by atoms with Gasteiger partial charge in [0.25, 0.3) is 17.7 Å². The molecule has 2 fully saturated rings. The number of primary amides is 1. The third-order valence-electron chi connectivity index (χ3n) is 5.35. The molecule has 0 saturated carbocycles. The second-order valence-electron chi connectivity index (χ2n) is 7.84. The number of rotatable bonds is 3. The van der Waals surface area contributed by atoms with Crippen LogP contribution in [0.4, 0.5) is 14.5 Å². The fourth-order valence-electron chi connectivity index (χ4n) is 3.57. The van der Waals surface area contributed by atoms with E-state index in [0.29, 0.717) is 29.1 Å². The molecular formula is C22H20F2N4O3. The molecule has 2 amide bonds. The molecule has 2 aliphatic heterocycles. The minimum atomic E-state index is -2.77. The van der Waals surface area contributed by atoms with Crippen molar-refractivity contribution in [2.24, 2.45) is 5.73 Å². The number of hydrogen-bond acceptors (Lipinski definition) is 5. The Morgan fingerprint density at radius 2 is 2.00 bits per heavy atom. The largest absolute Gasteiger partial charge is 0.369 e. The van der Waals surface area contributed by atoms with Crippen LogP contribution in [-0.4, -0.2) is 65.0 Å². The number of likely N-dealkylation sites (tertiary alicyclic amines) is 1. The number of carbonyl (C=O) groups is 2. The van der Waals surface area contributed by atoms with Gasteiger partial charge in [-0.15, -0.1) is 0 Å². The molecule has 0 spiro atoms. The normalized spacial score (nSPS) is 22.0. The molecular weight excluding hydrogens is 406 g/mol. The first-order valence-electron chi connectivity index (χ1n) is 9.63. The minimum absolute atomic E-state index is 0.0342. The summed E-state index contributed by atoms with van der Waals surface area (Å²) >= 11 is 0. The molecule has 1 aromatic heterocycles. The van der Waals surface area contributed by atoms with Gasteiger partial charge in [-0.05, 0) is 24.3 Å². The monoisotopic (exact) mass is 426 g/mol. The summed E-state index contributed by atoms with van der Waals surface area (Å²) in [7, 11) is 1.60. The molecule has 1 aromatic carbocycles. The Kier molecular flexibility index (Phi) is 4.90. The maximum Gasteiger partial charge on any atom is 0.282 e. The highest BCUT2D eigenvalue weighted by Crippen LogP contribution is 2.34. The molecule has 3 heterocycles. The topological polar surface area (TPSA) is 99.8 Å². The van der Waals surface area contributed by atoms with Crippen LogP contribution in [0.3, 0.4) is 0 Å². The number of aromatic nitrogens is 1. The van der Waals surface area contributed by atoms with Crippen molar-refractivity contribution in [1.82, 2.24) is 9.88 Å². The Morgan fingerprint density at radius 1 is 1.26 bits per heavy atom. The zero-order chi connectivity index (χ0) is 22.4. The third kappa shape index (κ3) is 4.07. The van der Waals surface area contributed by atoms with Gasteiger partial charge in [0.2, 0.25) is 5.60 Å². The summed E-state index contributed by atoms with van der Waals surface area (Å²) in [5.41, 5.74) is 5.54. The van der Waals surface area contributed by atoms with Gasteiger partial charge >= 0.3 is 0 Å². The number of amides is 2. The smallest absolute Gasteiger partial charge is 0.282 e. The van der Waals surface area contributed by atoms with E-state index in [4.69, 9.17) is 5.73 Å². The zero-order valence-electron chi connectivity index (χ0n) is 16.7. The lowest BCUT2D eigenvalue weighted by atomic mass is 10.0. The standard InChI is InChI=1S/C22H20F2N4O3/c1-27-8-7-21(31,20(27)30)6-5-14-3-2-4-15(9-14)17-10-16(11-18(26-17)19(25)29)28-12-22(23,24)13-28/h2-4,9-11,31H,7-8,12-13H2,1H3,(H2,25,29). The van der Waals surface area contributed by atoms with Crippen molar-refractivity contribution in [1.29, 1.82) is 0 Å². The quantitative estimate of drug-likeness (QED) is 0.720. The number of nitrogens with zero attached hydrogens (tertiary/aromatic N) is 3. The molecule has 0 bridgehead atoms. The van der Waals surface area contributed by atoms with Crippen molar-refractivity contribution in [3.05, 3.63) is 47.7 Å². The van der Waals surface area contributed by atoms with E-state index in [-0.39, 0.29) is 12.1 Å². The van der Waals surface area contributed by atoms with Crippen LogP contribution in [0, 0.1) is 11.8 Å². The molecule has 1 unspecified atom stereocenters. The number of hydrogen-bond donors (Lipinski definition) is 2. The molecule has 7 nitrogen and oxygen atoms in total. The second-order valence-corrected chi connectivity index (χ2v) is 7.84. The molecule has 0 radical (unpaired) electrons. The van der Waals surface area contributed by atoms with Crippen molar-refractivity contribution in [3.63, 3.8) is 0 Å². The maximum atomic E-state index is 13.3. The average Bonchev–Trinajstić information content (AvgIpc) is 2.98. The molecule has 2 aromatic rings. The summed E-state index contributed by atoms with van der Waals surface area (Å²) in [6.45, 7) is -0.464. The Labute approximate surface area is 177 Å². The van der Waals surface area contributed by atoms with E-state index < -0.39 is 36.4 Å². The van der Waals surface area contributed by atoms with Gasteiger partial charge in [-0.3, -0.25) is 9.59 Å². The lowest BCUT2D eigenvalue weighted by molar-refractivity contribution is -0.137. The van der Waals surface area contributed by atoms with Crippen molar-refractivity contribution < 1.29 is 23.5 Å². The van der Waals surface area contributed by atoms with E-state index in [1.54, 1.807) is 37.4 Å². The van der Waals surface area contributed by atoms with Crippen molar-refractivity contribution in [2.45, 2.75) is 17.9 Å². The number of carbonyl (C=O) groups excluding carboxylic acids is 2. The number of anilines is 1. The molecule has 0 aliphatic carbocycles. The Hall–Kier alpha value is -3.51. The highest BCUT2D eigenvalue weighted by atomic mass is 19.3. The van der Waals surface area contributed by atoms with Crippen LogP contribution >= 0.6 is 0 Å². The lowest BCUT2D eigenvalue weighted by Crippen LogP contribution is -2.56. The van der Waals surface area contributed by atoms with Gasteiger partial charge in [-0.2, -0.15) is 0 Å². The summed E-state index contributed by atoms with van der Waals surface area (Å²) in [5, 5.41) is 10.5. The van der Waals surface area contributed by atoms with E-state index in [1.807, 2.05) is 0 Å². The summed E-state index contributed by atoms with van der Waals surface area (Å²) in [6, 6.07) is 9.83. The molecule has 160 valence electrons. The summed E-state index contributed by atoms with van der Waals surface area (Å²) in [6.07, 6.45) is 0.223. The summed E-state index contributed by atoms with van der Waals surface area (Å²) in [4.78, 5) is 30.9. The molecule has 2 saturated heterocycles. The van der Waals surface area contributed by atoms with Gasteiger partial charge in [-0.1, -0.05) is 24.0 Å². The summed E-state index contributed by atoms with van der Waals surface area (Å²) < 4.78 is 26.6. The number of aliphatic hydroxyl groups is 1. The van der Waals surface area contributed by atoms with Gasteiger partial charge in [0, 0.05) is 36.8 Å². The van der Waals surface area contributed by atoms with Crippen LogP contribution in [0.1, 0.15) is 22.5 Å². The highest BCUT2D eigenvalue weighted by Gasteiger charge is 2.44. The number of benzene rings is 1. The van der Waals surface area contributed by atoms with E-state index in [0.717, 1.165) is 0 Å². The van der Waals surface area contributed by atoms with E-state index in [2.05, 4.69) is 16.8 Å². The maximum absolute atomic E-state index is 13.3. The molecule has 1 atom stereocenters. The predicted octanol–water partition coefficient (Wildman–Crippen LogP) is 1.25. The fraction of sp³-hybridized carbons (Fsp3) is 0.318. The van der Waals surface area contributed by atoms with Gasteiger partial charge in [0.1, 0.15) is 5.69 Å². The Bertz CT molecular complexity index is 1130. The number of likely N-dealkylation sites (N-methyl/N-ethyl adjacent to an activating group) is 1. The minimum Gasteiger partial charge on any atom is -0.369 e. The van der Waals surface area contributed by atoms with E-state index >= 15 is 0 Å². The van der Waals surface area contributed by atoms with Crippen LogP contribution < -0.4 is 10.6 Å². The number of alkyl halides is 2.